The number of nitrogens with one attached hydrogen (secondary N) is 1. The van der Waals surface area contributed by atoms with Crippen LogP contribution < -0.4 is 10.3 Å². The Morgan fingerprint density at radius 2 is 1.68 bits per heavy atom. The van der Waals surface area contributed by atoms with Gasteiger partial charge in [0.15, 0.2) is 5.75 Å². The van der Waals surface area contributed by atoms with Crippen LogP contribution in [0.5, 0.6) is 0 Å². The Morgan fingerprint density at radius 3 is 2.25 bits per heavy atom. The third-order valence-corrected chi connectivity index (χ3v) is 5.73. The molecule has 0 saturated heterocycles. The summed E-state index contributed by atoms with van der Waals surface area (Å²) in [6, 6.07) is 0.894. The Kier molecular flexibility index (Phi) is 5.21. The van der Waals surface area contributed by atoms with Gasteiger partial charge in [-0.25, -0.2) is 21.9 Å². The lowest BCUT2D eigenvalue weighted by Gasteiger charge is -2.17. The molecule has 0 amide bonds. The van der Waals surface area contributed by atoms with Crippen molar-refractivity contribution in [3.8, 4) is 11.1 Å². The lowest BCUT2D eigenvalue weighted by atomic mass is 10.1. The quantitative estimate of drug-likeness (QED) is 0.734. The first-order valence-corrected chi connectivity index (χ1v) is 9.98. The van der Waals surface area contributed by atoms with Crippen LogP contribution in [0, 0.1) is 11.6 Å². The zero-order valence-electron chi connectivity index (χ0n) is 14.0. The van der Waals surface area contributed by atoms with Crippen molar-refractivity contribution in [1.82, 2.24) is 9.36 Å². The minimum absolute atomic E-state index is 0.126. The zero-order valence-corrected chi connectivity index (χ0v) is 15.6. The molecule has 0 unspecified atom stereocenters. The van der Waals surface area contributed by atoms with Gasteiger partial charge in [-0.2, -0.15) is 13.2 Å². The van der Waals surface area contributed by atoms with E-state index in [2.05, 4.69) is 0 Å². The lowest BCUT2D eigenvalue weighted by molar-refractivity contribution is -0.106. The van der Waals surface area contributed by atoms with Crippen LogP contribution in [0.1, 0.15) is 12.8 Å². The summed E-state index contributed by atoms with van der Waals surface area (Å²) in [6.45, 7) is 0.717. The molecule has 1 aliphatic heterocycles. The molecule has 0 bridgehead atoms. The third kappa shape index (κ3) is 4.02. The number of aromatic nitrogens is 2. The molecular formula is C15H13ClF5N3O3S. The highest BCUT2D eigenvalue weighted by Gasteiger charge is 2.36. The predicted molar refractivity (Wildman–Crippen MR) is 91.8 cm³/mol. The largest absolute Gasteiger partial charge is 0.404 e. The van der Waals surface area contributed by atoms with Crippen LogP contribution in [-0.4, -0.2) is 29.7 Å². The van der Waals surface area contributed by atoms with Gasteiger partial charge in [0.1, 0.15) is 16.8 Å². The maximum absolute atomic E-state index is 14.3. The number of hydrogen-bond acceptors (Lipinski definition) is 3. The Bertz CT molecular complexity index is 1090. The highest BCUT2D eigenvalue weighted by atomic mass is 35.5. The summed E-state index contributed by atoms with van der Waals surface area (Å²) >= 11 is 6.16. The summed E-state index contributed by atoms with van der Waals surface area (Å²) in [5.74, 6) is -4.90. The summed E-state index contributed by atoms with van der Waals surface area (Å²) in [6.07, 6.45) is -3.65. The van der Waals surface area contributed by atoms with E-state index in [-0.39, 0.29) is 16.8 Å². The van der Waals surface area contributed by atoms with E-state index < -0.39 is 50.4 Å². The molecule has 2 heterocycles. The molecule has 2 aromatic rings. The van der Waals surface area contributed by atoms with Gasteiger partial charge in [0, 0.05) is 24.7 Å². The Morgan fingerprint density at radius 1 is 1.07 bits per heavy atom. The average molecular weight is 446 g/mol. The Labute approximate surface area is 160 Å². The number of anilines is 1. The maximum Gasteiger partial charge on any atom is 0.404 e. The molecule has 0 saturated carbocycles. The van der Waals surface area contributed by atoms with Gasteiger partial charge in [0.25, 0.3) is 5.56 Å². The topological polar surface area (TPSA) is 73.1 Å². The molecule has 3 rings (SSSR count). The molecule has 1 N–H and O–H groups in total. The molecule has 6 nitrogen and oxygen atoms in total. The van der Waals surface area contributed by atoms with Crippen molar-refractivity contribution in [1.29, 1.82) is 0 Å². The second-order valence-electron chi connectivity index (χ2n) is 6.21. The number of benzene rings is 1. The van der Waals surface area contributed by atoms with Crippen molar-refractivity contribution < 1.29 is 30.4 Å². The van der Waals surface area contributed by atoms with E-state index in [1.807, 2.05) is 0 Å². The van der Waals surface area contributed by atoms with Gasteiger partial charge in [-0.05, 0) is 18.9 Å². The second kappa shape index (κ2) is 7.07. The number of hydrogen-bond donors (Lipinski definition) is 1. The number of alkyl halides is 3. The van der Waals surface area contributed by atoms with Crippen molar-refractivity contribution >= 4 is 27.3 Å². The van der Waals surface area contributed by atoms with Crippen LogP contribution in [0.15, 0.2) is 16.9 Å². The monoisotopic (exact) mass is 445 g/mol. The highest BCUT2D eigenvalue weighted by Crippen LogP contribution is 2.33. The van der Waals surface area contributed by atoms with E-state index in [1.165, 1.54) is 14.1 Å². The van der Waals surface area contributed by atoms with Crippen LogP contribution in [0.25, 0.3) is 11.1 Å². The van der Waals surface area contributed by atoms with Crippen LogP contribution in [0.4, 0.5) is 27.6 Å². The van der Waals surface area contributed by atoms with E-state index in [1.54, 1.807) is 0 Å². The van der Waals surface area contributed by atoms with E-state index in [9.17, 15) is 35.2 Å². The molecule has 0 radical (unpaired) electrons. The third-order valence-electron chi connectivity index (χ3n) is 4.11. The van der Waals surface area contributed by atoms with Crippen molar-refractivity contribution in [2.45, 2.75) is 32.1 Å². The zero-order chi connectivity index (χ0) is 20.9. The molecule has 28 heavy (non-hydrogen) atoms. The number of fused-ring (bicyclic) bond motifs is 1. The van der Waals surface area contributed by atoms with Gasteiger partial charge in [0.05, 0.1) is 11.3 Å². The molecule has 1 aliphatic rings. The SMILES string of the molecule is O=c1c(-c2cc(NS(=O)(=O)CC(F)(F)F)c(F)cc2F)c(Cl)n2n1CCCC2. The second-order valence-corrected chi connectivity index (χ2v) is 8.29. The summed E-state index contributed by atoms with van der Waals surface area (Å²) in [5, 5.41) is -0.126. The molecule has 0 atom stereocenters. The van der Waals surface area contributed by atoms with Gasteiger partial charge < -0.3 is 0 Å². The standard InChI is InChI=1S/C15H13ClF5N3O3S/c16-13-12(14(25)24-4-2-1-3-23(13)24)8-5-11(10(18)6-9(8)17)22-28(26,27)7-15(19,20)21/h5-6,22H,1-4,7H2. The van der Waals surface area contributed by atoms with E-state index in [0.717, 1.165) is 6.42 Å². The van der Waals surface area contributed by atoms with Crippen LogP contribution in [-0.2, 0) is 23.1 Å². The summed E-state index contributed by atoms with van der Waals surface area (Å²) < 4.78 is 92.7. The van der Waals surface area contributed by atoms with Crippen LogP contribution in [0.2, 0.25) is 5.15 Å². The minimum Gasteiger partial charge on any atom is -0.280 e. The van der Waals surface area contributed by atoms with E-state index in [4.69, 9.17) is 11.6 Å². The molecule has 1 aromatic carbocycles. The summed E-state index contributed by atoms with van der Waals surface area (Å²) in [5.41, 5.74) is -2.43. The van der Waals surface area contributed by atoms with Crippen molar-refractivity contribution in [3.05, 3.63) is 39.3 Å². The Hall–Kier alpha value is -2.08. The molecule has 154 valence electrons. The van der Waals surface area contributed by atoms with Gasteiger partial charge >= 0.3 is 6.18 Å². The van der Waals surface area contributed by atoms with Crippen molar-refractivity contribution in [3.63, 3.8) is 0 Å². The maximum atomic E-state index is 14.3. The van der Waals surface area contributed by atoms with Crippen LogP contribution >= 0.6 is 11.6 Å². The number of halogens is 6. The van der Waals surface area contributed by atoms with E-state index in [0.29, 0.717) is 25.6 Å². The average Bonchev–Trinajstić information content (AvgIpc) is 2.80. The molecular weight excluding hydrogens is 433 g/mol. The van der Waals surface area contributed by atoms with Crippen molar-refractivity contribution in [2.75, 3.05) is 10.5 Å². The predicted octanol–water partition coefficient (Wildman–Crippen LogP) is 3.35. The molecule has 13 heteroatoms. The lowest BCUT2D eigenvalue weighted by Crippen LogP contribution is -2.28. The number of rotatable bonds is 4. The molecule has 0 spiro atoms. The van der Waals surface area contributed by atoms with Crippen molar-refractivity contribution in [2.24, 2.45) is 0 Å². The van der Waals surface area contributed by atoms with E-state index >= 15 is 0 Å². The molecule has 1 aromatic heterocycles. The molecule has 0 aliphatic carbocycles. The minimum atomic E-state index is -5.06. The number of sulfonamides is 1. The van der Waals surface area contributed by atoms with Gasteiger partial charge in [-0.1, -0.05) is 11.6 Å². The number of nitrogens with zero attached hydrogens (tertiary/aromatic N) is 2. The fourth-order valence-electron chi connectivity index (χ4n) is 2.99. The Balaban J connectivity index is 2.09. The summed E-state index contributed by atoms with van der Waals surface area (Å²) in [7, 11) is -5.01. The smallest absolute Gasteiger partial charge is 0.280 e. The van der Waals surface area contributed by atoms with Crippen LogP contribution in [0.3, 0.4) is 0 Å². The van der Waals surface area contributed by atoms with Gasteiger partial charge in [-0.15, -0.1) is 0 Å². The summed E-state index contributed by atoms with van der Waals surface area (Å²) in [4.78, 5) is 12.6. The van der Waals surface area contributed by atoms with Gasteiger partial charge in [0.2, 0.25) is 10.0 Å². The first-order valence-electron chi connectivity index (χ1n) is 7.95. The fraction of sp³-hybridized carbons (Fsp3) is 0.400. The molecule has 0 fully saturated rings. The normalized spacial score (nSPS) is 14.8. The first-order chi connectivity index (χ1) is 12.9. The fourth-order valence-corrected chi connectivity index (χ4v) is 4.34. The highest BCUT2D eigenvalue weighted by molar-refractivity contribution is 7.92. The van der Waals surface area contributed by atoms with Gasteiger partial charge in [-0.3, -0.25) is 14.2 Å². The first kappa shape index (κ1) is 20.6.